The largest absolute Gasteiger partial charge is 0.309 e. The maximum absolute atomic E-state index is 12.6. The van der Waals surface area contributed by atoms with Gasteiger partial charge in [0.1, 0.15) is 17.9 Å². The van der Waals surface area contributed by atoms with Crippen molar-refractivity contribution in [3.63, 3.8) is 0 Å². The number of rotatable bonds is 6. The summed E-state index contributed by atoms with van der Waals surface area (Å²) in [7, 11) is 0. The molecule has 33 heavy (non-hydrogen) atoms. The molecule has 4 rings (SSSR count). The molecule has 0 radical (unpaired) electrons. The predicted molar refractivity (Wildman–Crippen MR) is 112 cm³/mol. The van der Waals surface area contributed by atoms with E-state index in [1.54, 1.807) is 6.92 Å². The smallest absolute Gasteiger partial charge is 0.282 e. The molecule has 13 nitrogen and oxygen atoms in total. The van der Waals surface area contributed by atoms with E-state index in [4.69, 9.17) is 0 Å². The SMILES string of the molecule is Cc1cc(NC(=O)CN2C(=O)c3cccc([N+](=O)[O-])c3C2=O)n(-c2ccc([N+](=O)[O-])cc2)n1. The Labute approximate surface area is 184 Å². The van der Waals surface area contributed by atoms with Gasteiger partial charge in [0.15, 0.2) is 0 Å². The highest BCUT2D eigenvalue weighted by molar-refractivity contribution is 6.24. The Balaban J connectivity index is 1.55. The maximum atomic E-state index is 12.6. The number of aromatic nitrogens is 2. The van der Waals surface area contributed by atoms with Crippen LogP contribution in [-0.4, -0.2) is 48.8 Å². The molecule has 13 heteroatoms. The number of non-ortho nitro benzene ring substituents is 1. The first kappa shape index (κ1) is 21.3. The van der Waals surface area contributed by atoms with Crippen LogP contribution in [0.5, 0.6) is 0 Å². The van der Waals surface area contributed by atoms with E-state index in [1.807, 2.05) is 0 Å². The fourth-order valence-electron chi connectivity index (χ4n) is 3.44. The summed E-state index contributed by atoms with van der Waals surface area (Å²) >= 11 is 0. The second-order valence-corrected chi connectivity index (χ2v) is 7.06. The molecule has 3 amide bonds. The van der Waals surface area contributed by atoms with Gasteiger partial charge < -0.3 is 5.32 Å². The topological polar surface area (TPSA) is 171 Å². The number of amides is 3. The van der Waals surface area contributed by atoms with Crippen LogP contribution in [0.25, 0.3) is 5.69 Å². The molecule has 0 saturated heterocycles. The van der Waals surface area contributed by atoms with Crippen molar-refractivity contribution in [2.75, 3.05) is 11.9 Å². The maximum Gasteiger partial charge on any atom is 0.282 e. The Bertz CT molecular complexity index is 1350. The van der Waals surface area contributed by atoms with E-state index in [2.05, 4.69) is 10.4 Å². The third-order valence-electron chi connectivity index (χ3n) is 4.88. The lowest BCUT2D eigenvalue weighted by Gasteiger charge is -2.14. The van der Waals surface area contributed by atoms with Crippen LogP contribution in [0.3, 0.4) is 0 Å². The van der Waals surface area contributed by atoms with E-state index in [-0.39, 0.29) is 22.6 Å². The monoisotopic (exact) mass is 450 g/mol. The minimum atomic E-state index is -0.933. The second kappa shape index (κ2) is 7.96. The molecule has 1 aliphatic heterocycles. The number of nitrogens with one attached hydrogen (secondary N) is 1. The number of nitro benzene ring substituents is 2. The average molecular weight is 450 g/mol. The van der Waals surface area contributed by atoms with E-state index >= 15 is 0 Å². The third-order valence-corrected chi connectivity index (χ3v) is 4.88. The quantitative estimate of drug-likeness (QED) is 0.338. The van der Waals surface area contributed by atoms with Crippen LogP contribution < -0.4 is 5.32 Å². The summed E-state index contributed by atoms with van der Waals surface area (Å²) in [5.41, 5.74) is -0.172. The first-order valence-corrected chi connectivity index (χ1v) is 9.42. The van der Waals surface area contributed by atoms with E-state index in [0.717, 1.165) is 6.07 Å². The minimum Gasteiger partial charge on any atom is -0.309 e. The number of carbonyl (C=O) groups excluding carboxylic acids is 3. The zero-order chi connectivity index (χ0) is 23.9. The van der Waals surface area contributed by atoms with Gasteiger partial charge in [-0.05, 0) is 25.1 Å². The fourth-order valence-corrected chi connectivity index (χ4v) is 3.44. The summed E-state index contributed by atoms with van der Waals surface area (Å²) in [6, 6.07) is 10.7. The van der Waals surface area contributed by atoms with Crippen LogP contribution in [0.4, 0.5) is 17.2 Å². The molecule has 0 atom stereocenters. The lowest BCUT2D eigenvalue weighted by Crippen LogP contribution is -2.37. The normalized spacial score (nSPS) is 12.6. The zero-order valence-corrected chi connectivity index (χ0v) is 16.9. The highest BCUT2D eigenvalue weighted by atomic mass is 16.6. The van der Waals surface area contributed by atoms with Crippen molar-refractivity contribution in [3.8, 4) is 5.69 Å². The van der Waals surface area contributed by atoms with Crippen LogP contribution in [0, 0.1) is 27.2 Å². The summed E-state index contributed by atoms with van der Waals surface area (Å²) in [6.45, 7) is 0.995. The molecular formula is C20H14N6O7. The number of benzene rings is 2. The standard InChI is InChI=1S/C20H14N6O7/c1-11-9-16(24(22-11)12-5-7-13(8-6-12)25(30)31)21-17(27)10-23-19(28)14-3-2-4-15(26(32)33)18(14)20(23)29/h2-9H,10H2,1H3,(H,21,27). The van der Waals surface area contributed by atoms with Gasteiger partial charge in [-0.15, -0.1) is 0 Å². The number of hydrogen-bond acceptors (Lipinski definition) is 8. The van der Waals surface area contributed by atoms with Gasteiger partial charge in [-0.25, -0.2) is 4.68 Å². The molecule has 0 aliphatic carbocycles. The average Bonchev–Trinajstić information content (AvgIpc) is 3.26. The van der Waals surface area contributed by atoms with Crippen molar-refractivity contribution in [3.05, 3.63) is 85.6 Å². The molecule has 1 N–H and O–H groups in total. The van der Waals surface area contributed by atoms with Gasteiger partial charge in [-0.3, -0.25) is 39.5 Å². The number of imide groups is 1. The molecule has 1 aliphatic rings. The van der Waals surface area contributed by atoms with Crippen LogP contribution in [0.15, 0.2) is 48.5 Å². The van der Waals surface area contributed by atoms with Gasteiger partial charge in [0.25, 0.3) is 23.2 Å². The lowest BCUT2D eigenvalue weighted by atomic mass is 10.1. The number of nitrogens with zero attached hydrogens (tertiary/aromatic N) is 5. The van der Waals surface area contributed by atoms with Crippen molar-refractivity contribution in [1.82, 2.24) is 14.7 Å². The van der Waals surface area contributed by atoms with Crippen LogP contribution >= 0.6 is 0 Å². The molecule has 1 aromatic heterocycles. The highest BCUT2D eigenvalue weighted by Crippen LogP contribution is 2.30. The molecule has 0 saturated carbocycles. The summed E-state index contributed by atoms with van der Waals surface area (Å²) in [5, 5.41) is 28.9. The minimum absolute atomic E-state index is 0.118. The van der Waals surface area contributed by atoms with E-state index < -0.39 is 39.8 Å². The Morgan fingerprint density at radius 3 is 2.36 bits per heavy atom. The van der Waals surface area contributed by atoms with Gasteiger partial charge in [0.2, 0.25) is 5.91 Å². The number of fused-ring (bicyclic) bond motifs is 1. The highest BCUT2D eigenvalue weighted by Gasteiger charge is 2.41. The Hall–Kier alpha value is -4.94. The Morgan fingerprint density at radius 1 is 1.03 bits per heavy atom. The van der Waals surface area contributed by atoms with Crippen LogP contribution in [0.2, 0.25) is 0 Å². The van der Waals surface area contributed by atoms with Crippen LogP contribution in [-0.2, 0) is 4.79 Å². The summed E-state index contributed by atoms with van der Waals surface area (Å²) in [5.74, 6) is -2.28. The number of nitro groups is 2. The first-order valence-electron chi connectivity index (χ1n) is 9.42. The molecule has 0 spiro atoms. The van der Waals surface area contributed by atoms with Gasteiger partial charge in [-0.2, -0.15) is 5.10 Å². The number of carbonyl (C=O) groups is 3. The summed E-state index contributed by atoms with van der Waals surface area (Å²) in [4.78, 5) is 59.3. The second-order valence-electron chi connectivity index (χ2n) is 7.06. The number of anilines is 1. The molecule has 166 valence electrons. The summed E-state index contributed by atoms with van der Waals surface area (Å²) in [6.07, 6.45) is 0. The van der Waals surface area contributed by atoms with E-state index in [1.165, 1.54) is 47.1 Å². The van der Waals surface area contributed by atoms with Gasteiger partial charge in [0, 0.05) is 24.3 Å². The third kappa shape index (κ3) is 3.78. The van der Waals surface area contributed by atoms with Crippen molar-refractivity contribution < 1.29 is 24.2 Å². The Morgan fingerprint density at radius 2 is 1.73 bits per heavy atom. The molecule has 3 aromatic rings. The molecular weight excluding hydrogens is 436 g/mol. The fraction of sp³-hybridized carbons (Fsp3) is 0.100. The number of hydrogen-bond donors (Lipinski definition) is 1. The molecule has 0 unspecified atom stereocenters. The first-order chi connectivity index (χ1) is 15.7. The van der Waals surface area contributed by atoms with Crippen molar-refractivity contribution in [2.24, 2.45) is 0 Å². The Kier molecular flexibility index (Phi) is 5.13. The molecule has 2 aromatic carbocycles. The van der Waals surface area contributed by atoms with Crippen molar-refractivity contribution >= 4 is 34.9 Å². The van der Waals surface area contributed by atoms with Gasteiger partial charge in [0.05, 0.1) is 26.8 Å². The van der Waals surface area contributed by atoms with E-state index in [0.29, 0.717) is 16.3 Å². The lowest BCUT2D eigenvalue weighted by molar-refractivity contribution is -0.385. The van der Waals surface area contributed by atoms with Crippen molar-refractivity contribution in [1.29, 1.82) is 0 Å². The van der Waals surface area contributed by atoms with Gasteiger partial charge in [-0.1, -0.05) is 6.07 Å². The zero-order valence-electron chi connectivity index (χ0n) is 16.9. The van der Waals surface area contributed by atoms with Gasteiger partial charge >= 0.3 is 0 Å². The number of aryl methyl sites for hydroxylation is 1. The van der Waals surface area contributed by atoms with E-state index in [9.17, 15) is 34.6 Å². The molecule has 2 heterocycles. The predicted octanol–water partition coefficient (Wildman–Crippen LogP) is 2.23. The van der Waals surface area contributed by atoms with Crippen molar-refractivity contribution in [2.45, 2.75) is 6.92 Å². The molecule has 0 fully saturated rings. The summed E-state index contributed by atoms with van der Waals surface area (Å²) < 4.78 is 1.34. The molecule has 0 bridgehead atoms. The van der Waals surface area contributed by atoms with Crippen LogP contribution in [0.1, 0.15) is 26.4 Å².